The maximum absolute atomic E-state index is 11.1. The Morgan fingerprint density at radius 2 is 2.17 bits per heavy atom. The molecule has 1 rings (SSSR count). The third kappa shape index (κ3) is 5.37. The Balaban J connectivity index is 3.10. The molecule has 0 aliphatic carbocycles. The van der Waals surface area contributed by atoms with Gasteiger partial charge in [0.15, 0.2) is 0 Å². The van der Waals surface area contributed by atoms with Crippen molar-refractivity contribution in [2.75, 3.05) is 30.6 Å². The number of benzene rings is 1. The van der Waals surface area contributed by atoms with Gasteiger partial charge in [-0.1, -0.05) is 19.9 Å². The summed E-state index contributed by atoms with van der Waals surface area (Å²) in [5.41, 5.74) is 8.12. The number of nitrogens with zero attached hydrogens (tertiary/aromatic N) is 1. The lowest BCUT2D eigenvalue weighted by Crippen LogP contribution is -2.35. The molecular weight excluding hydrogens is 316 g/mol. The Bertz CT molecular complexity index is 525. The van der Waals surface area contributed by atoms with Gasteiger partial charge in [-0.05, 0) is 36.6 Å². The van der Waals surface area contributed by atoms with E-state index in [4.69, 9.17) is 27.3 Å². The van der Waals surface area contributed by atoms with Crippen LogP contribution < -0.4 is 10.8 Å². The zero-order chi connectivity index (χ0) is 17.5. The molecule has 0 bridgehead atoms. The maximum atomic E-state index is 11.1. The Morgan fingerprint density at radius 3 is 2.65 bits per heavy atom. The summed E-state index contributed by atoms with van der Waals surface area (Å²) in [7, 11) is 0. The summed E-state index contributed by atoms with van der Waals surface area (Å²) in [6, 6.07) is 5.87. The molecule has 0 radical (unpaired) electrons. The van der Waals surface area contributed by atoms with Crippen molar-refractivity contribution in [2.24, 2.45) is 5.73 Å². The Morgan fingerprint density at radius 1 is 1.48 bits per heavy atom. The van der Waals surface area contributed by atoms with E-state index in [0.29, 0.717) is 19.0 Å². The molecule has 1 unspecified atom stereocenters. The van der Waals surface area contributed by atoms with E-state index in [9.17, 15) is 4.79 Å². The van der Waals surface area contributed by atoms with Gasteiger partial charge in [0.25, 0.3) is 0 Å². The first kappa shape index (κ1) is 19.7. The largest absolute Gasteiger partial charge is 0.481 e. The summed E-state index contributed by atoms with van der Waals surface area (Å²) in [6.45, 7) is 7.38. The number of nitrogens with two attached hydrogens (primary N) is 1. The number of anilines is 1. The summed E-state index contributed by atoms with van der Waals surface area (Å²) in [6.07, 6.45) is 0.918. The van der Waals surface area contributed by atoms with Crippen LogP contribution in [0, 0.1) is 6.92 Å². The monoisotopic (exact) mass is 342 g/mol. The van der Waals surface area contributed by atoms with Crippen LogP contribution in [0.4, 0.5) is 5.69 Å². The van der Waals surface area contributed by atoms with Gasteiger partial charge in [-0.25, -0.2) is 0 Å². The van der Waals surface area contributed by atoms with Crippen molar-refractivity contribution in [1.82, 2.24) is 0 Å². The lowest BCUT2D eigenvalue weighted by Gasteiger charge is -2.30. The number of hydroxylamine groups is 1. The van der Waals surface area contributed by atoms with Gasteiger partial charge in [-0.3, -0.25) is 14.7 Å². The van der Waals surface area contributed by atoms with Gasteiger partial charge in [-0.15, -0.1) is 11.6 Å². The van der Waals surface area contributed by atoms with E-state index in [0.717, 1.165) is 23.2 Å². The quantitative estimate of drug-likeness (QED) is 0.505. The van der Waals surface area contributed by atoms with E-state index in [1.54, 1.807) is 5.06 Å². The topological polar surface area (TPSA) is 75.8 Å². The molecule has 130 valence electrons. The van der Waals surface area contributed by atoms with E-state index < -0.39 is 11.4 Å². The van der Waals surface area contributed by atoms with E-state index in [1.165, 1.54) is 0 Å². The fourth-order valence-corrected chi connectivity index (χ4v) is 2.79. The van der Waals surface area contributed by atoms with Crippen LogP contribution in [0.5, 0.6) is 0 Å². The predicted molar refractivity (Wildman–Crippen MR) is 94.1 cm³/mol. The van der Waals surface area contributed by atoms with Crippen molar-refractivity contribution in [3.63, 3.8) is 0 Å². The van der Waals surface area contributed by atoms with Crippen LogP contribution in [0.2, 0.25) is 0 Å². The molecule has 1 aromatic carbocycles. The molecule has 3 N–H and O–H groups in total. The van der Waals surface area contributed by atoms with Crippen LogP contribution in [0.25, 0.3) is 0 Å². The molecule has 5 nitrogen and oxygen atoms in total. The minimum absolute atomic E-state index is 0.00140. The number of aryl methyl sites for hydroxylation is 1. The molecule has 1 atom stereocenters. The van der Waals surface area contributed by atoms with Crippen LogP contribution in [-0.2, 0) is 15.0 Å². The Labute approximate surface area is 143 Å². The average molecular weight is 343 g/mol. The molecule has 0 aliphatic rings. The lowest BCUT2D eigenvalue weighted by atomic mass is 9.77. The van der Waals surface area contributed by atoms with Crippen molar-refractivity contribution in [2.45, 2.75) is 39.0 Å². The molecule has 0 heterocycles. The lowest BCUT2D eigenvalue weighted by molar-refractivity contribution is -0.138. The van der Waals surface area contributed by atoms with E-state index in [-0.39, 0.29) is 13.0 Å². The van der Waals surface area contributed by atoms with Gasteiger partial charge in [0, 0.05) is 17.8 Å². The summed E-state index contributed by atoms with van der Waals surface area (Å²) >= 11 is 5.85. The van der Waals surface area contributed by atoms with Crippen LogP contribution in [0.1, 0.15) is 37.8 Å². The van der Waals surface area contributed by atoms with Crippen molar-refractivity contribution in [3.05, 3.63) is 29.3 Å². The highest BCUT2D eigenvalue weighted by Gasteiger charge is 2.30. The van der Waals surface area contributed by atoms with Crippen LogP contribution >= 0.6 is 11.6 Å². The highest BCUT2D eigenvalue weighted by molar-refractivity contribution is 6.18. The number of hydrogen-bond donors (Lipinski definition) is 2. The molecule has 0 saturated carbocycles. The van der Waals surface area contributed by atoms with Crippen LogP contribution in [-0.4, -0.2) is 36.7 Å². The van der Waals surface area contributed by atoms with Crippen molar-refractivity contribution in [3.8, 4) is 0 Å². The second-order valence-corrected chi connectivity index (χ2v) is 6.34. The van der Waals surface area contributed by atoms with Gasteiger partial charge in [0.1, 0.15) is 0 Å². The third-order valence-electron chi connectivity index (χ3n) is 3.88. The number of carboxylic acids is 1. The maximum Gasteiger partial charge on any atom is 0.304 e. The summed E-state index contributed by atoms with van der Waals surface area (Å²) < 4.78 is 0. The number of alkyl halides is 1. The first-order valence-corrected chi connectivity index (χ1v) is 8.40. The molecule has 0 aromatic heterocycles. The van der Waals surface area contributed by atoms with Crippen molar-refractivity contribution >= 4 is 23.3 Å². The molecule has 0 spiro atoms. The van der Waals surface area contributed by atoms with Crippen LogP contribution in [0.15, 0.2) is 18.2 Å². The van der Waals surface area contributed by atoms with Gasteiger partial charge in [-0.2, -0.15) is 0 Å². The first-order valence-electron chi connectivity index (χ1n) is 7.87. The second kappa shape index (κ2) is 9.11. The number of aliphatic carboxylic acids is 1. The number of carboxylic acid groups (broad SMARTS) is 1. The number of rotatable bonds is 10. The smallest absolute Gasteiger partial charge is 0.304 e. The second-order valence-electron chi connectivity index (χ2n) is 5.96. The highest BCUT2D eigenvalue weighted by atomic mass is 35.5. The SMILES string of the molecule is CCCON(CCCl)c1ccc(C(C)(CN)CC(=O)O)c(C)c1. The molecule has 0 saturated heterocycles. The first-order chi connectivity index (χ1) is 10.9. The predicted octanol–water partition coefficient (Wildman–Crippen LogP) is 3.07. The standard InChI is InChI=1S/C17H27ClN2O3/c1-4-9-23-20(8-7-18)14-5-6-15(13(2)10-14)17(3,12-19)11-16(21)22/h5-6,10H,4,7-9,11-12,19H2,1-3H3,(H,21,22). The minimum atomic E-state index is -0.850. The van der Waals surface area contributed by atoms with Gasteiger partial charge in [0.05, 0.1) is 25.3 Å². The Kier molecular flexibility index (Phi) is 7.82. The van der Waals surface area contributed by atoms with E-state index in [1.807, 2.05) is 39.0 Å². The number of hydrogen-bond acceptors (Lipinski definition) is 4. The zero-order valence-corrected chi connectivity index (χ0v) is 14.9. The summed E-state index contributed by atoms with van der Waals surface area (Å²) in [5.74, 6) is -0.388. The molecule has 0 amide bonds. The summed E-state index contributed by atoms with van der Waals surface area (Å²) in [5, 5.41) is 10.9. The van der Waals surface area contributed by atoms with Gasteiger partial charge < -0.3 is 10.8 Å². The fourth-order valence-electron chi connectivity index (χ4n) is 2.64. The number of carbonyl (C=O) groups is 1. The van der Waals surface area contributed by atoms with E-state index >= 15 is 0 Å². The normalized spacial score (nSPS) is 13.6. The van der Waals surface area contributed by atoms with Crippen molar-refractivity contribution < 1.29 is 14.7 Å². The fraction of sp³-hybridized carbons (Fsp3) is 0.588. The molecule has 1 aromatic rings. The average Bonchev–Trinajstić information content (AvgIpc) is 2.50. The zero-order valence-electron chi connectivity index (χ0n) is 14.1. The molecule has 0 aliphatic heterocycles. The van der Waals surface area contributed by atoms with Gasteiger partial charge >= 0.3 is 5.97 Å². The Hall–Kier alpha value is -1.30. The molecule has 23 heavy (non-hydrogen) atoms. The molecule has 6 heteroatoms. The van der Waals surface area contributed by atoms with Crippen molar-refractivity contribution in [1.29, 1.82) is 0 Å². The van der Waals surface area contributed by atoms with E-state index in [2.05, 4.69) is 0 Å². The highest BCUT2D eigenvalue weighted by Crippen LogP contribution is 2.32. The third-order valence-corrected chi connectivity index (χ3v) is 4.05. The van der Waals surface area contributed by atoms with Gasteiger partial charge in [0.2, 0.25) is 0 Å². The molecule has 0 fully saturated rings. The minimum Gasteiger partial charge on any atom is -0.481 e. The van der Waals surface area contributed by atoms with Crippen LogP contribution in [0.3, 0.4) is 0 Å². The molecular formula is C17H27ClN2O3. The number of halogens is 1. The summed E-state index contributed by atoms with van der Waals surface area (Å²) in [4.78, 5) is 16.9.